The van der Waals surface area contributed by atoms with E-state index < -0.39 is 0 Å². The Kier molecular flexibility index (Phi) is 4.75. The van der Waals surface area contributed by atoms with Gasteiger partial charge in [0, 0.05) is 42.3 Å². The third kappa shape index (κ3) is 4.03. The number of anilines is 1. The van der Waals surface area contributed by atoms with E-state index in [4.69, 9.17) is 0 Å². The second kappa shape index (κ2) is 7.16. The first kappa shape index (κ1) is 16.6. The summed E-state index contributed by atoms with van der Waals surface area (Å²) >= 11 is 0. The van der Waals surface area contributed by atoms with Crippen LogP contribution in [0, 0.1) is 5.92 Å². The van der Waals surface area contributed by atoms with Gasteiger partial charge in [-0.2, -0.15) is 0 Å². The van der Waals surface area contributed by atoms with Crippen LogP contribution in [-0.2, 0) is 4.79 Å². The quantitative estimate of drug-likeness (QED) is 0.866. The summed E-state index contributed by atoms with van der Waals surface area (Å²) in [5.74, 6) is 0.193. The van der Waals surface area contributed by atoms with E-state index in [0.717, 1.165) is 38.4 Å². The Morgan fingerprint density at radius 1 is 1.04 bits per heavy atom. The van der Waals surface area contributed by atoms with E-state index in [1.807, 2.05) is 18.2 Å². The number of rotatable bonds is 5. The van der Waals surface area contributed by atoms with Crippen LogP contribution in [-0.4, -0.2) is 41.9 Å². The van der Waals surface area contributed by atoms with Gasteiger partial charge < -0.3 is 10.6 Å². The number of nitrogens with one attached hydrogen (secondary N) is 2. The fourth-order valence-electron chi connectivity index (χ4n) is 4.10. The molecule has 5 nitrogen and oxygen atoms in total. The molecule has 4 rings (SSSR count). The lowest BCUT2D eigenvalue weighted by atomic mass is 10.1. The zero-order valence-electron chi connectivity index (χ0n) is 14.7. The highest BCUT2D eigenvalue weighted by atomic mass is 16.2. The van der Waals surface area contributed by atoms with E-state index in [1.165, 1.54) is 25.7 Å². The number of carbonyl (C=O) groups is 2. The van der Waals surface area contributed by atoms with E-state index in [1.54, 1.807) is 6.07 Å². The summed E-state index contributed by atoms with van der Waals surface area (Å²) < 4.78 is 0. The highest BCUT2D eigenvalue weighted by Gasteiger charge is 2.31. The van der Waals surface area contributed by atoms with Crippen LogP contribution in [0.15, 0.2) is 24.3 Å². The van der Waals surface area contributed by atoms with Crippen molar-refractivity contribution in [2.24, 2.45) is 5.92 Å². The lowest BCUT2D eigenvalue weighted by molar-refractivity contribution is -0.117. The van der Waals surface area contributed by atoms with Gasteiger partial charge in [-0.25, -0.2) is 0 Å². The van der Waals surface area contributed by atoms with E-state index in [0.29, 0.717) is 11.3 Å². The van der Waals surface area contributed by atoms with Gasteiger partial charge in [-0.1, -0.05) is 18.9 Å². The first-order chi connectivity index (χ1) is 12.2. The molecule has 1 heterocycles. The highest BCUT2D eigenvalue weighted by Crippen LogP contribution is 2.30. The third-order valence-corrected chi connectivity index (χ3v) is 5.74. The molecule has 2 saturated carbocycles. The average Bonchev–Trinajstić information content (AvgIpc) is 3.13. The fourth-order valence-corrected chi connectivity index (χ4v) is 4.10. The van der Waals surface area contributed by atoms with Gasteiger partial charge in [-0.05, 0) is 50.3 Å². The molecule has 3 aliphatic rings. The molecule has 3 fully saturated rings. The maximum absolute atomic E-state index is 12.6. The van der Waals surface area contributed by atoms with Gasteiger partial charge in [0.15, 0.2) is 0 Å². The first-order valence-corrected chi connectivity index (χ1v) is 9.65. The molecule has 0 radical (unpaired) electrons. The topological polar surface area (TPSA) is 61.4 Å². The minimum Gasteiger partial charge on any atom is -0.348 e. The SMILES string of the molecule is O=C(N[C@@H]1CCN(C2CCCC2)C1)c1cccc(NC(=O)C2CC2)c1. The van der Waals surface area contributed by atoms with Crippen LogP contribution in [0.3, 0.4) is 0 Å². The Hall–Kier alpha value is -1.88. The molecule has 0 unspecified atom stereocenters. The summed E-state index contributed by atoms with van der Waals surface area (Å²) in [6, 6.07) is 8.22. The van der Waals surface area contributed by atoms with Crippen LogP contribution >= 0.6 is 0 Å². The normalized spacial score (nSPS) is 24.4. The van der Waals surface area contributed by atoms with Gasteiger partial charge in [-0.15, -0.1) is 0 Å². The second-order valence-corrected chi connectivity index (χ2v) is 7.74. The van der Waals surface area contributed by atoms with Crippen molar-refractivity contribution in [3.05, 3.63) is 29.8 Å². The summed E-state index contributed by atoms with van der Waals surface area (Å²) in [6.07, 6.45) is 8.29. The highest BCUT2D eigenvalue weighted by molar-refractivity contribution is 5.98. The fraction of sp³-hybridized carbons (Fsp3) is 0.600. The predicted molar refractivity (Wildman–Crippen MR) is 97.5 cm³/mol. The van der Waals surface area contributed by atoms with Crippen molar-refractivity contribution in [1.82, 2.24) is 10.2 Å². The summed E-state index contributed by atoms with van der Waals surface area (Å²) in [4.78, 5) is 27.0. The monoisotopic (exact) mass is 341 g/mol. The average molecular weight is 341 g/mol. The molecule has 134 valence electrons. The zero-order chi connectivity index (χ0) is 17.2. The van der Waals surface area contributed by atoms with Crippen molar-refractivity contribution < 1.29 is 9.59 Å². The molecule has 1 aromatic rings. The van der Waals surface area contributed by atoms with Crippen molar-refractivity contribution >= 4 is 17.5 Å². The molecule has 1 atom stereocenters. The van der Waals surface area contributed by atoms with Crippen molar-refractivity contribution in [2.45, 2.75) is 57.0 Å². The van der Waals surface area contributed by atoms with E-state index >= 15 is 0 Å². The van der Waals surface area contributed by atoms with Crippen molar-refractivity contribution in [2.75, 3.05) is 18.4 Å². The standard InChI is InChI=1S/C20H27N3O2/c24-19(14-8-9-14)21-16-5-3-4-15(12-16)20(25)22-17-10-11-23(13-17)18-6-1-2-7-18/h3-5,12,14,17-18H,1-2,6-11,13H2,(H,21,24)(H,22,25)/t17-/m1/s1. The molecule has 2 amide bonds. The van der Waals surface area contributed by atoms with E-state index in [-0.39, 0.29) is 23.8 Å². The predicted octanol–water partition coefficient (Wildman–Crippen LogP) is 2.78. The Bertz CT molecular complexity index is 650. The summed E-state index contributed by atoms with van der Waals surface area (Å²) in [7, 11) is 0. The van der Waals surface area contributed by atoms with Gasteiger partial charge in [0.25, 0.3) is 5.91 Å². The molecular formula is C20H27N3O2. The number of hydrogen-bond donors (Lipinski definition) is 2. The molecule has 1 aromatic carbocycles. The molecule has 2 aliphatic carbocycles. The van der Waals surface area contributed by atoms with Crippen LogP contribution in [0.2, 0.25) is 0 Å². The molecule has 1 saturated heterocycles. The zero-order valence-corrected chi connectivity index (χ0v) is 14.7. The minimum atomic E-state index is -0.0409. The maximum atomic E-state index is 12.6. The summed E-state index contributed by atoms with van der Waals surface area (Å²) in [5, 5.41) is 6.08. The number of nitrogens with zero attached hydrogens (tertiary/aromatic N) is 1. The minimum absolute atomic E-state index is 0.0409. The molecule has 25 heavy (non-hydrogen) atoms. The number of hydrogen-bond acceptors (Lipinski definition) is 3. The third-order valence-electron chi connectivity index (χ3n) is 5.74. The Balaban J connectivity index is 1.32. The first-order valence-electron chi connectivity index (χ1n) is 9.65. The van der Waals surface area contributed by atoms with Gasteiger partial charge in [0.05, 0.1) is 0 Å². The van der Waals surface area contributed by atoms with Gasteiger partial charge in [0.2, 0.25) is 5.91 Å². The van der Waals surface area contributed by atoms with Crippen molar-refractivity contribution in [3.8, 4) is 0 Å². The Morgan fingerprint density at radius 2 is 1.84 bits per heavy atom. The molecule has 0 aromatic heterocycles. The van der Waals surface area contributed by atoms with Gasteiger partial charge >= 0.3 is 0 Å². The number of benzene rings is 1. The number of likely N-dealkylation sites (tertiary alicyclic amines) is 1. The van der Waals surface area contributed by atoms with Crippen molar-refractivity contribution in [3.63, 3.8) is 0 Å². The van der Waals surface area contributed by atoms with Crippen LogP contribution in [0.25, 0.3) is 0 Å². The largest absolute Gasteiger partial charge is 0.348 e. The molecule has 2 N–H and O–H groups in total. The van der Waals surface area contributed by atoms with Gasteiger partial charge in [-0.3, -0.25) is 14.5 Å². The molecule has 1 aliphatic heterocycles. The van der Waals surface area contributed by atoms with E-state index in [2.05, 4.69) is 15.5 Å². The lowest BCUT2D eigenvalue weighted by Gasteiger charge is -2.23. The molecule has 0 spiro atoms. The number of amides is 2. The second-order valence-electron chi connectivity index (χ2n) is 7.74. The van der Waals surface area contributed by atoms with Crippen molar-refractivity contribution in [1.29, 1.82) is 0 Å². The smallest absolute Gasteiger partial charge is 0.251 e. The molecule has 5 heteroatoms. The Labute approximate surface area is 149 Å². The molecular weight excluding hydrogens is 314 g/mol. The summed E-state index contributed by atoms with van der Waals surface area (Å²) in [6.45, 7) is 2.06. The Morgan fingerprint density at radius 3 is 2.60 bits per heavy atom. The lowest BCUT2D eigenvalue weighted by Crippen LogP contribution is -2.39. The number of carbonyl (C=O) groups excluding carboxylic acids is 2. The van der Waals surface area contributed by atoms with Crippen LogP contribution in [0.4, 0.5) is 5.69 Å². The van der Waals surface area contributed by atoms with Crippen LogP contribution in [0.5, 0.6) is 0 Å². The van der Waals surface area contributed by atoms with Crippen LogP contribution in [0.1, 0.15) is 55.3 Å². The van der Waals surface area contributed by atoms with Crippen LogP contribution < -0.4 is 10.6 Å². The summed E-state index contributed by atoms with van der Waals surface area (Å²) in [5.41, 5.74) is 1.33. The van der Waals surface area contributed by atoms with E-state index in [9.17, 15) is 9.59 Å². The van der Waals surface area contributed by atoms with Gasteiger partial charge in [0.1, 0.15) is 0 Å². The maximum Gasteiger partial charge on any atom is 0.251 e. The molecule has 0 bridgehead atoms.